The number of sulfone groups is 1. The molecule has 1 saturated heterocycles. The Morgan fingerprint density at radius 3 is 2.60 bits per heavy atom. The van der Waals surface area contributed by atoms with E-state index in [-0.39, 0.29) is 18.1 Å². The van der Waals surface area contributed by atoms with Gasteiger partial charge in [0.05, 0.1) is 35.1 Å². The third-order valence-corrected chi connectivity index (χ3v) is 4.87. The smallest absolute Gasteiger partial charge is 0.340 e. The van der Waals surface area contributed by atoms with E-state index >= 15 is 0 Å². The predicted molar refractivity (Wildman–Crippen MR) is 77.7 cm³/mol. The van der Waals surface area contributed by atoms with Gasteiger partial charge in [0.15, 0.2) is 9.84 Å². The van der Waals surface area contributed by atoms with E-state index in [4.69, 9.17) is 10.5 Å². The SMILES string of the molecule is CCOC(=O)c1cccc(N2CCS(=O)(=O)CC2)c1N. The molecular formula is C13H18N2O4S. The lowest BCUT2D eigenvalue weighted by Crippen LogP contribution is -2.40. The molecule has 20 heavy (non-hydrogen) atoms. The lowest BCUT2D eigenvalue weighted by Gasteiger charge is -2.30. The van der Waals surface area contributed by atoms with Gasteiger partial charge in [-0.15, -0.1) is 0 Å². The van der Waals surface area contributed by atoms with Gasteiger partial charge in [-0.2, -0.15) is 0 Å². The maximum Gasteiger partial charge on any atom is 0.340 e. The van der Waals surface area contributed by atoms with Crippen LogP contribution in [0, 0.1) is 0 Å². The van der Waals surface area contributed by atoms with Crippen LogP contribution in [-0.2, 0) is 14.6 Å². The van der Waals surface area contributed by atoms with Gasteiger partial charge in [-0.05, 0) is 19.1 Å². The highest BCUT2D eigenvalue weighted by molar-refractivity contribution is 7.91. The van der Waals surface area contributed by atoms with E-state index in [0.29, 0.717) is 30.0 Å². The molecule has 2 rings (SSSR count). The molecule has 0 aliphatic carbocycles. The summed E-state index contributed by atoms with van der Waals surface area (Å²) in [5, 5.41) is 0. The zero-order valence-electron chi connectivity index (χ0n) is 11.3. The fourth-order valence-electron chi connectivity index (χ4n) is 2.17. The first-order chi connectivity index (χ1) is 9.44. The summed E-state index contributed by atoms with van der Waals surface area (Å²) in [6.45, 7) is 2.79. The largest absolute Gasteiger partial charge is 0.462 e. The van der Waals surface area contributed by atoms with E-state index in [2.05, 4.69) is 0 Å². The summed E-state index contributed by atoms with van der Waals surface area (Å²) in [6.07, 6.45) is 0. The highest BCUT2D eigenvalue weighted by atomic mass is 32.2. The summed E-state index contributed by atoms with van der Waals surface area (Å²) in [6, 6.07) is 5.12. The van der Waals surface area contributed by atoms with Crippen LogP contribution in [0.1, 0.15) is 17.3 Å². The van der Waals surface area contributed by atoms with E-state index in [9.17, 15) is 13.2 Å². The Bertz CT molecular complexity index is 599. The van der Waals surface area contributed by atoms with Crippen LogP contribution in [-0.4, -0.2) is 45.6 Å². The van der Waals surface area contributed by atoms with Gasteiger partial charge in [0.25, 0.3) is 0 Å². The topological polar surface area (TPSA) is 89.7 Å². The lowest BCUT2D eigenvalue weighted by molar-refractivity contribution is 0.0527. The van der Waals surface area contributed by atoms with Crippen LogP contribution < -0.4 is 10.6 Å². The highest BCUT2D eigenvalue weighted by Crippen LogP contribution is 2.28. The maximum atomic E-state index is 11.8. The van der Waals surface area contributed by atoms with Crippen molar-refractivity contribution in [3.05, 3.63) is 23.8 Å². The van der Waals surface area contributed by atoms with Gasteiger partial charge >= 0.3 is 5.97 Å². The molecule has 6 nitrogen and oxygen atoms in total. The van der Waals surface area contributed by atoms with Gasteiger partial charge in [-0.3, -0.25) is 0 Å². The van der Waals surface area contributed by atoms with Crippen LogP contribution in [0.4, 0.5) is 11.4 Å². The van der Waals surface area contributed by atoms with E-state index in [0.717, 1.165) is 0 Å². The van der Waals surface area contributed by atoms with Crippen molar-refractivity contribution in [1.82, 2.24) is 0 Å². The molecule has 0 saturated carbocycles. The zero-order chi connectivity index (χ0) is 14.8. The van der Waals surface area contributed by atoms with Crippen molar-refractivity contribution in [2.75, 3.05) is 41.8 Å². The number of ether oxygens (including phenoxy) is 1. The normalized spacial score (nSPS) is 17.8. The number of rotatable bonds is 3. The van der Waals surface area contributed by atoms with Crippen LogP contribution in [0.25, 0.3) is 0 Å². The monoisotopic (exact) mass is 298 g/mol. The minimum atomic E-state index is -2.95. The molecule has 1 heterocycles. The van der Waals surface area contributed by atoms with E-state index < -0.39 is 15.8 Å². The van der Waals surface area contributed by atoms with E-state index in [1.807, 2.05) is 4.90 Å². The van der Waals surface area contributed by atoms with Crippen molar-refractivity contribution in [3.8, 4) is 0 Å². The number of hydrogen-bond donors (Lipinski definition) is 1. The van der Waals surface area contributed by atoms with Crippen LogP contribution in [0.2, 0.25) is 0 Å². The Labute approximate surface area is 118 Å². The van der Waals surface area contributed by atoms with Crippen LogP contribution in [0.15, 0.2) is 18.2 Å². The van der Waals surface area contributed by atoms with Gasteiger partial charge in [0.1, 0.15) is 0 Å². The van der Waals surface area contributed by atoms with Gasteiger partial charge < -0.3 is 15.4 Å². The summed E-state index contributed by atoms with van der Waals surface area (Å²) < 4.78 is 27.8. The lowest BCUT2D eigenvalue weighted by atomic mass is 10.1. The molecular weight excluding hydrogens is 280 g/mol. The molecule has 1 aliphatic heterocycles. The molecule has 1 aromatic carbocycles. The third-order valence-electron chi connectivity index (χ3n) is 3.26. The fraction of sp³-hybridized carbons (Fsp3) is 0.462. The molecule has 0 spiro atoms. The number of nitrogens with zero attached hydrogens (tertiary/aromatic N) is 1. The molecule has 2 N–H and O–H groups in total. The second-order valence-electron chi connectivity index (χ2n) is 4.60. The summed E-state index contributed by atoms with van der Waals surface area (Å²) in [5.41, 5.74) is 7.36. The average Bonchev–Trinajstić information content (AvgIpc) is 2.40. The van der Waals surface area contributed by atoms with Crippen LogP contribution >= 0.6 is 0 Å². The molecule has 110 valence electrons. The molecule has 0 atom stereocenters. The molecule has 0 amide bonds. The van der Waals surface area contributed by atoms with Crippen molar-refractivity contribution in [2.24, 2.45) is 0 Å². The standard InChI is InChI=1S/C13H18N2O4S/c1-2-19-13(16)10-4-3-5-11(12(10)14)15-6-8-20(17,18)9-7-15/h3-5H,2,6-9,14H2,1H3. The molecule has 0 unspecified atom stereocenters. The van der Waals surface area contributed by atoms with Crippen LogP contribution in [0.5, 0.6) is 0 Å². The van der Waals surface area contributed by atoms with E-state index in [1.54, 1.807) is 25.1 Å². The Kier molecular flexibility index (Phi) is 4.17. The number of nitrogens with two attached hydrogens (primary N) is 1. The predicted octanol–water partition coefficient (Wildman–Crippen LogP) is 0.680. The minimum absolute atomic E-state index is 0.107. The second-order valence-corrected chi connectivity index (χ2v) is 6.90. The summed E-state index contributed by atoms with van der Waals surface area (Å²) in [7, 11) is -2.95. The summed E-state index contributed by atoms with van der Waals surface area (Å²) >= 11 is 0. The highest BCUT2D eigenvalue weighted by Gasteiger charge is 2.24. The summed E-state index contributed by atoms with van der Waals surface area (Å²) in [4.78, 5) is 13.7. The molecule has 1 fully saturated rings. The van der Waals surface area contributed by atoms with Gasteiger partial charge in [0.2, 0.25) is 0 Å². The van der Waals surface area contributed by atoms with Crippen molar-refractivity contribution < 1.29 is 17.9 Å². The Hall–Kier alpha value is -1.76. The average molecular weight is 298 g/mol. The van der Waals surface area contributed by atoms with E-state index in [1.165, 1.54) is 0 Å². The Morgan fingerprint density at radius 1 is 1.35 bits per heavy atom. The number of anilines is 2. The number of benzene rings is 1. The number of carbonyl (C=O) groups excluding carboxylic acids is 1. The molecule has 1 aliphatic rings. The number of hydrogen-bond acceptors (Lipinski definition) is 6. The number of nitrogen functional groups attached to an aromatic ring is 1. The fourth-order valence-corrected chi connectivity index (χ4v) is 3.37. The van der Waals surface area contributed by atoms with Crippen molar-refractivity contribution in [3.63, 3.8) is 0 Å². The van der Waals surface area contributed by atoms with Crippen LogP contribution in [0.3, 0.4) is 0 Å². The number of para-hydroxylation sites is 1. The number of esters is 1. The molecule has 7 heteroatoms. The van der Waals surface area contributed by atoms with Gasteiger partial charge in [-0.25, -0.2) is 13.2 Å². The third kappa shape index (κ3) is 3.04. The van der Waals surface area contributed by atoms with Crippen molar-refractivity contribution >= 4 is 27.2 Å². The molecule has 1 aromatic rings. The maximum absolute atomic E-state index is 11.8. The molecule has 0 bridgehead atoms. The first kappa shape index (κ1) is 14.6. The van der Waals surface area contributed by atoms with Crippen molar-refractivity contribution in [2.45, 2.75) is 6.92 Å². The number of carbonyl (C=O) groups is 1. The zero-order valence-corrected chi connectivity index (χ0v) is 12.1. The molecule has 0 radical (unpaired) electrons. The van der Waals surface area contributed by atoms with Gasteiger partial charge in [0, 0.05) is 13.1 Å². The summed E-state index contributed by atoms with van der Waals surface area (Å²) in [5.74, 6) is -0.247. The Morgan fingerprint density at radius 2 is 2.00 bits per heavy atom. The Balaban J connectivity index is 2.25. The van der Waals surface area contributed by atoms with Gasteiger partial charge in [-0.1, -0.05) is 6.07 Å². The quantitative estimate of drug-likeness (QED) is 0.652. The van der Waals surface area contributed by atoms with Crippen molar-refractivity contribution in [1.29, 1.82) is 0 Å². The molecule has 0 aromatic heterocycles. The first-order valence-electron chi connectivity index (χ1n) is 6.45. The first-order valence-corrected chi connectivity index (χ1v) is 8.27. The minimum Gasteiger partial charge on any atom is -0.462 e. The second kappa shape index (κ2) is 5.70.